The average molecular weight is 196 g/mol. The van der Waals surface area contributed by atoms with E-state index in [1.165, 1.54) is 0 Å². The minimum absolute atomic E-state index is 0. The van der Waals surface area contributed by atoms with E-state index in [9.17, 15) is 0 Å². The predicted molar refractivity (Wildman–Crippen MR) is 17.0 cm³/mol. The normalized spacial score (nSPS) is 2.86. The molecule has 0 aromatic carbocycles. The van der Waals surface area contributed by atoms with Gasteiger partial charge in [0.05, 0.1) is 0 Å². The Hall–Kier alpha value is 0.486. The van der Waals surface area contributed by atoms with Gasteiger partial charge in [0.1, 0.15) is 0 Å². The van der Waals surface area contributed by atoms with Gasteiger partial charge in [0.2, 0.25) is 0 Å². The zero-order valence-electron chi connectivity index (χ0n) is 3.29. The second-order valence-corrected chi connectivity index (χ2v) is 0.408. The third-order valence-corrected chi connectivity index (χ3v) is 0. The van der Waals surface area contributed by atoms with Crippen LogP contribution in [0.15, 0.2) is 0 Å². The maximum atomic E-state index is 8.57. The van der Waals surface area contributed by atoms with Gasteiger partial charge >= 0.3 is 23.4 Å². The van der Waals surface area contributed by atoms with Crippen molar-refractivity contribution >= 4 is 22.0 Å². The van der Waals surface area contributed by atoms with Crippen LogP contribution in [0.25, 0.3) is 0 Å². The minimum Gasteiger partial charge on any atom is 0 e. The summed E-state index contributed by atoms with van der Waals surface area (Å²) in [4.78, 5) is 8.24. The molecule has 0 unspecified atom stereocenters. The molecule has 0 spiro atoms. The van der Waals surface area contributed by atoms with Gasteiger partial charge < -0.3 is 9.90 Å². The third kappa shape index (κ3) is 553. The third-order valence-electron chi connectivity index (χ3n) is 0. The van der Waals surface area contributed by atoms with E-state index in [1.807, 2.05) is 0 Å². The zero-order valence-corrected chi connectivity index (χ0v) is 6.90. The van der Waals surface area contributed by atoms with Gasteiger partial charge in [0.25, 0.3) is 0 Å². The van der Waals surface area contributed by atoms with E-state index in [4.69, 9.17) is 17.9 Å². The van der Waals surface area contributed by atoms with Crippen LogP contribution in [0.2, 0.25) is 0 Å². The Balaban J connectivity index is -0.0000000400. The first-order chi connectivity index (χ1) is 2.83. The molecule has 0 aromatic rings. The summed E-state index contributed by atoms with van der Waals surface area (Å²) in [7, 11) is 0. The average Bonchev–Trinajstić information content (AvgIpc) is 1.39. The van der Waals surface area contributed by atoms with Crippen molar-refractivity contribution in [2.45, 2.75) is 0 Å². The molecule has 0 amide bonds. The van der Waals surface area contributed by atoms with Crippen LogP contribution in [0.5, 0.6) is 0 Å². The molecule has 0 radical (unpaired) electrons. The van der Waals surface area contributed by atoms with E-state index >= 15 is 0 Å². The van der Waals surface area contributed by atoms with Crippen molar-refractivity contribution < 1.29 is 44.1 Å². The van der Waals surface area contributed by atoms with Crippen LogP contribution < -0.4 is 0 Å². The van der Waals surface area contributed by atoms with Crippen molar-refractivity contribution in [2.24, 2.45) is 0 Å². The largest absolute Gasteiger partial charge is 0 e. The molecule has 7 heavy (non-hydrogen) atoms. The van der Waals surface area contributed by atoms with E-state index in [0.29, 0.717) is 6.47 Å². The number of rotatable bonds is 0. The molecule has 0 saturated heterocycles. The van der Waals surface area contributed by atoms with Crippen molar-refractivity contribution in [2.75, 3.05) is 0 Å². The van der Waals surface area contributed by atoms with E-state index in [0.717, 1.165) is 0 Å². The Morgan fingerprint density at radius 1 is 1.57 bits per heavy atom. The fourth-order valence-corrected chi connectivity index (χ4v) is 0. The van der Waals surface area contributed by atoms with Crippen LogP contribution in [0.4, 0.5) is 0 Å². The van der Waals surface area contributed by atoms with Crippen LogP contribution >= 0.6 is 0 Å². The van der Waals surface area contributed by atoms with Gasteiger partial charge in [-0.15, -0.1) is 0 Å². The Morgan fingerprint density at radius 3 is 1.57 bits per heavy atom. The summed E-state index contributed by atoms with van der Waals surface area (Å²) < 4.78 is 15.7. The van der Waals surface area contributed by atoms with Crippen LogP contribution in [0, 0.1) is 0 Å². The molecular formula is CH2AlO4Zr-. The summed E-state index contributed by atoms with van der Waals surface area (Å²) in [5, 5.41) is 6.76. The first kappa shape index (κ1) is 15.6. The fourth-order valence-electron chi connectivity index (χ4n) is 0. The van der Waals surface area contributed by atoms with Crippen LogP contribution in [0.3, 0.4) is 0 Å². The molecule has 0 aromatic heterocycles. The monoisotopic (exact) mass is 195 g/mol. The molecule has 0 aliphatic rings. The topological polar surface area (TPSA) is 74.6 Å². The van der Waals surface area contributed by atoms with Gasteiger partial charge in [-0.2, -0.15) is 0 Å². The molecule has 0 atom stereocenters. The summed E-state index contributed by atoms with van der Waals surface area (Å²) in [6.45, 7) is 0.500. The molecule has 0 rings (SSSR count). The number of hydrogen-bond acceptors (Lipinski definition) is 2. The van der Waals surface area contributed by atoms with E-state index in [2.05, 4.69) is 0 Å². The number of aliphatic hydroxyl groups excluding tert-OH is 1. The summed E-state index contributed by atoms with van der Waals surface area (Å²) in [5.41, 5.74) is 0. The Morgan fingerprint density at radius 2 is 1.57 bits per heavy atom. The summed E-state index contributed by atoms with van der Waals surface area (Å²) in [6, 6.07) is 0. The second-order valence-electron chi connectivity index (χ2n) is 0.197. The molecule has 38 valence electrons. The van der Waals surface area contributed by atoms with E-state index in [-0.39, 0.29) is 26.2 Å². The molecule has 0 saturated carbocycles. The molecule has 0 aliphatic carbocycles. The molecule has 0 fully saturated rings. The second kappa shape index (κ2) is 31.6. The van der Waals surface area contributed by atoms with Crippen LogP contribution in [-0.4, -0.2) is 31.2 Å². The van der Waals surface area contributed by atoms with Crippen molar-refractivity contribution in [1.29, 1.82) is 0 Å². The first-order valence-corrected chi connectivity index (χ1v) is 1.91. The fraction of sp³-hybridized carbons (Fsp3) is 0. The van der Waals surface area contributed by atoms with Gasteiger partial charge in [-0.05, 0) is 0 Å². The molecular weight excluding hydrogens is 194 g/mol. The SMILES string of the molecule is O=[C-]O.[O]=[Al][OH].[Zr]. The molecule has 0 heterocycles. The Labute approximate surface area is 65.9 Å². The molecule has 2 N–H and O–H groups in total. The standard InChI is InChI=1S/CHO2.Al.H2O.O.Zr/c2-1-3;;;;/h(H,2,3);;1H2;;/q-1;+1;;;/p-1. The van der Waals surface area contributed by atoms with Crippen LogP contribution in [-0.2, 0) is 34.8 Å². The van der Waals surface area contributed by atoms with Gasteiger partial charge in [-0.3, -0.25) is 0 Å². The van der Waals surface area contributed by atoms with Crippen molar-refractivity contribution in [3.05, 3.63) is 0 Å². The van der Waals surface area contributed by atoms with Crippen molar-refractivity contribution in [3.63, 3.8) is 0 Å². The summed E-state index contributed by atoms with van der Waals surface area (Å²) in [5.74, 6) is 0. The maximum Gasteiger partial charge on any atom is 0 e. The van der Waals surface area contributed by atoms with Gasteiger partial charge in [0.15, 0.2) is 0 Å². The van der Waals surface area contributed by atoms with Gasteiger partial charge in [0, 0.05) is 26.2 Å². The van der Waals surface area contributed by atoms with Crippen LogP contribution in [0.1, 0.15) is 0 Å². The van der Waals surface area contributed by atoms with Gasteiger partial charge in [-0.25, -0.2) is 0 Å². The molecule has 6 heteroatoms. The quantitative estimate of drug-likeness (QED) is 0.367. The maximum absolute atomic E-state index is 8.57. The smallest absolute Gasteiger partial charge is 0 e. The minimum atomic E-state index is -1.50. The van der Waals surface area contributed by atoms with E-state index in [1.54, 1.807) is 0 Å². The Kier molecular flexibility index (Phi) is 70.6. The first-order valence-electron chi connectivity index (χ1n) is 0.922. The molecule has 0 aliphatic heterocycles. The molecule has 4 nitrogen and oxygen atoms in total. The zero-order chi connectivity index (χ0) is 5.41. The van der Waals surface area contributed by atoms with Crippen molar-refractivity contribution in [3.8, 4) is 0 Å². The van der Waals surface area contributed by atoms with E-state index < -0.39 is 15.5 Å². The molecule has 0 bridgehead atoms. The predicted octanol–water partition coefficient (Wildman–Crippen LogP) is -1.45. The Bertz CT molecular complexity index is 32.7. The summed E-state index contributed by atoms with van der Waals surface area (Å²) >= 11 is -1.50. The van der Waals surface area contributed by atoms with Gasteiger partial charge in [-0.1, -0.05) is 6.47 Å². The number of hydrogen-bond donors (Lipinski definition) is 2. The van der Waals surface area contributed by atoms with Crippen molar-refractivity contribution in [1.82, 2.24) is 0 Å². The summed E-state index contributed by atoms with van der Waals surface area (Å²) in [6.07, 6.45) is 0.